The van der Waals surface area contributed by atoms with Crippen LogP contribution in [0, 0.1) is 11.3 Å². The minimum Gasteiger partial charge on any atom is -0.192 e. The highest BCUT2D eigenvalue weighted by Crippen LogP contribution is 2.31. The van der Waals surface area contributed by atoms with Crippen molar-refractivity contribution < 1.29 is 0 Å². The third-order valence-corrected chi connectivity index (χ3v) is 4.00. The first kappa shape index (κ1) is 10.0. The molecule has 1 aromatic carbocycles. The fourth-order valence-electron chi connectivity index (χ4n) is 1.31. The molecule has 4 heteroatoms. The summed E-state index contributed by atoms with van der Waals surface area (Å²) >= 11 is 9.38. The maximum Gasteiger partial charge on any atom is 0.100 e. The van der Waals surface area contributed by atoms with Crippen LogP contribution in [0.25, 0.3) is 10.1 Å². The third kappa shape index (κ3) is 1.56. The first-order valence-electron chi connectivity index (χ1n) is 3.95. The van der Waals surface area contributed by atoms with E-state index in [1.165, 1.54) is 10.9 Å². The van der Waals surface area contributed by atoms with E-state index < -0.39 is 0 Å². The largest absolute Gasteiger partial charge is 0.192 e. The molecular formula is C10H6BrNS2. The van der Waals surface area contributed by atoms with Gasteiger partial charge in [-0.15, -0.1) is 24.0 Å². The van der Waals surface area contributed by atoms with Gasteiger partial charge in [0, 0.05) is 14.9 Å². The number of fused-ring (bicyclic) bond motifs is 1. The van der Waals surface area contributed by atoms with Crippen molar-refractivity contribution in [2.24, 2.45) is 0 Å². The second-order valence-corrected chi connectivity index (χ2v) is 4.83. The lowest BCUT2D eigenvalue weighted by atomic mass is 10.1. The zero-order valence-corrected chi connectivity index (χ0v) is 10.4. The number of hydrogen-bond acceptors (Lipinski definition) is 3. The average Bonchev–Trinajstić information content (AvgIpc) is 2.58. The van der Waals surface area contributed by atoms with Crippen LogP contribution in [0.1, 0.15) is 11.1 Å². The highest BCUT2D eigenvalue weighted by Gasteiger charge is 2.06. The minimum atomic E-state index is 0.642. The summed E-state index contributed by atoms with van der Waals surface area (Å²) in [5.41, 5.74) is 1.90. The predicted octanol–water partition coefficient (Wildman–Crippen LogP) is 3.96. The predicted molar refractivity (Wildman–Crippen MR) is 66.4 cm³/mol. The van der Waals surface area contributed by atoms with E-state index in [1.807, 2.05) is 12.1 Å². The Kier molecular flexibility index (Phi) is 2.82. The molecule has 0 aliphatic heterocycles. The van der Waals surface area contributed by atoms with Crippen molar-refractivity contribution in [2.75, 3.05) is 0 Å². The van der Waals surface area contributed by atoms with Gasteiger partial charge in [-0.25, -0.2) is 0 Å². The molecule has 70 valence electrons. The number of halogens is 1. The Morgan fingerprint density at radius 2 is 2.29 bits per heavy atom. The standard InChI is InChI=1S/C10H6BrNS2/c11-3-7-5-14-10-1-6(4-12)9(13)2-8(7)10/h1-2,5,13H,3H2. The van der Waals surface area contributed by atoms with Crippen molar-refractivity contribution >= 4 is 50.0 Å². The number of hydrogen-bond donors (Lipinski definition) is 1. The SMILES string of the molecule is N#Cc1cc2scc(CBr)c2cc1S. The normalized spacial score (nSPS) is 10.4. The Bertz CT molecular complexity index is 525. The first-order chi connectivity index (χ1) is 6.76. The molecule has 0 saturated carbocycles. The van der Waals surface area contributed by atoms with Gasteiger partial charge in [0.25, 0.3) is 0 Å². The summed E-state index contributed by atoms with van der Waals surface area (Å²) in [7, 11) is 0. The van der Waals surface area contributed by atoms with Crippen LogP contribution in [-0.2, 0) is 5.33 Å². The lowest BCUT2D eigenvalue weighted by Gasteiger charge is -1.98. The number of nitriles is 1. The summed E-state index contributed by atoms with van der Waals surface area (Å²) in [6.07, 6.45) is 0. The zero-order chi connectivity index (χ0) is 10.1. The van der Waals surface area contributed by atoms with Crippen molar-refractivity contribution in [1.82, 2.24) is 0 Å². The molecule has 0 fully saturated rings. The fourth-order valence-corrected chi connectivity index (χ4v) is 3.21. The van der Waals surface area contributed by atoms with Gasteiger partial charge in [-0.2, -0.15) is 5.26 Å². The Balaban J connectivity index is 2.77. The van der Waals surface area contributed by atoms with E-state index in [9.17, 15) is 0 Å². The number of thiophene rings is 1. The number of nitrogens with zero attached hydrogens (tertiary/aromatic N) is 1. The summed E-state index contributed by atoms with van der Waals surface area (Å²) in [4.78, 5) is 0.751. The number of benzene rings is 1. The van der Waals surface area contributed by atoms with Crippen molar-refractivity contribution in [3.63, 3.8) is 0 Å². The van der Waals surface area contributed by atoms with Gasteiger partial charge in [-0.1, -0.05) is 15.9 Å². The molecule has 14 heavy (non-hydrogen) atoms. The molecule has 0 radical (unpaired) electrons. The van der Waals surface area contributed by atoms with E-state index in [0.29, 0.717) is 5.56 Å². The molecule has 2 rings (SSSR count). The molecule has 2 aromatic rings. The fraction of sp³-hybridized carbons (Fsp3) is 0.100. The Morgan fingerprint density at radius 1 is 1.50 bits per heavy atom. The zero-order valence-electron chi connectivity index (χ0n) is 7.12. The van der Waals surface area contributed by atoms with Gasteiger partial charge in [0.1, 0.15) is 6.07 Å². The first-order valence-corrected chi connectivity index (χ1v) is 6.40. The molecule has 1 aromatic heterocycles. The second-order valence-electron chi connectivity index (χ2n) is 2.87. The summed E-state index contributed by atoms with van der Waals surface area (Å²) in [5.74, 6) is 0. The Morgan fingerprint density at radius 3 is 2.93 bits per heavy atom. The van der Waals surface area contributed by atoms with Gasteiger partial charge in [-0.3, -0.25) is 0 Å². The lowest BCUT2D eigenvalue weighted by molar-refractivity contribution is 1.40. The molecule has 0 aliphatic carbocycles. The van der Waals surface area contributed by atoms with Crippen LogP contribution in [0.2, 0.25) is 0 Å². The Hall–Kier alpha value is -0.500. The summed E-state index contributed by atoms with van der Waals surface area (Å²) < 4.78 is 1.15. The van der Waals surface area contributed by atoms with Gasteiger partial charge >= 0.3 is 0 Å². The molecule has 0 aliphatic rings. The van der Waals surface area contributed by atoms with E-state index in [4.69, 9.17) is 5.26 Å². The smallest absolute Gasteiger partial charge is 0.100 e. The number of rotatable bonds is 1. The molecular weight excluding hydrogens is 278 g/mol. The molecule has 0 N–H and O–H groups in total. The van der Waals surface area contributed by atoms with Gasteiger partial charge in [0.05, 0.1) is 5.56 Å². The van der Waals surface area contributed by atoms with E-state index in [1.54, 1.807) is 11.3 Å². The second kappa shape index (κ2) is 3.93. The van der Waals surface area contributed by atoms with Gasteiger partial charge < -0.3 is 0 Å². The molecule has 1 heterocycles. The van der Waals surface area contributed by atoms with E-state index in [2.05, 4.69) is 40.0 Å². The van der Waals surface area contributed by atoms with E-state index in [0.717, 1.165) is 14.9 Å². The van der Waals surface area contributed by atoms with Gasteiger partial charge in [0.15, 0.2) is 0 Å². The number of thiol groups is 1. The molecule has 1 nitrogen and oxygen atoms in total. The van der Waals surface area contributed by atoms with Crippen LogP contribution in [0.3, 0.4) is 0 Å². The lowest BCUT2D eigenvalue weighted by Crippen LogP contribution is -1.79. The van der Waals surface area contributed by atoms with Crippen LogP contribution in [0.5, 0.6) is 0 Å². The summed E-state index contributed by atoms with van der Waals surface area (Å²) in [6, 6.07) is 5.99. The quantitative estimate of drug-likeness (QED) is 0.622. The van der Waals surface area contributed by atoms with Crippen molar-refractivity contribution in [1.29, 1.82) is 5.26 Å². The average molecular weight is 284 g/mol. The monoisotopic (exact) mass is 283 g/mol. The maximum absolute atomic E-state index is 8.84. The molecule has 0 atom stereocenters. The van der Waals surface area contributed by atoms with Crippen LogP contribution in [0.4, 0.5) is 0 Å². The third-order valence-electron chi connectivity index (χ3n) is 2.04. The van der Waals surface area contributed by atoms with Crippen LogP contribution >= 0.6 is 39.9 Å². The minimum absolute atomic E-state index is 0.642. The molecule has 0 bridgehead atoms. The summed E-state index contributed by atoms with van der Waals surface area (Å²) in [6.45, 7) is 0. The van der Waals surface area contributed by atoms with Crippen LogP contribution in [-0.4, -0.2) is 0 Å². The van der Waals surface area contributed by atoms with E-state index >= 15 is 0 Å². The summed E-state index contributed by atoms with van der Waals surface area (Å²) in [5, 5.41) is 13.0. The topological polar surface area (TPSA) is 23.8 Å². The highest BCUT2D eigenvalue weighted by molar-refractivity contribution is 9.08. The maximum atomic E-state index is 8.84. The highest BCUT2D eigenvalue weighted by atomic mass is 79.9. The van der Waals surface area contributed by atoms with Crippen molar-refractivity contribution in [2.45, 2.75) is 10.2 Å². The molecule has 0 spiro atoms. The molecule has 0 unspecified atom stereocenters. The van der Waals surface area contributed by atoms with Crippen molar-refractivity contribution in [3.05, 3.63) is 28.6 Å². The van der Waals surface area contributed by atoms with Gasteiger partial charge in [0.2, 0.25) is 0 Å². The van der Waals surface area contributed by atoms with Crippen molar-refractivity contribution in [3.8, 4) is 6.07 Å². The molecule has 0 saturated heterocycles. The molecule has 0 amide bonds. The van der Waals surface area contributed by atoms with Gasteiger partial charge in [-0.05, 0) is 28.5 Å². The van der Waals surface area contributed by atoms with Crippen LogP contribution < -0.4 is 0 Å². The Labute approximate surface area is 99.9 Å². The van der Waals surface area contributed by atoms with Crippen LogP contribution in [0.15, 0.2) is 22.4 Å². The number of alkyl halides is 1. The van der Waals surface area contributed by atoms with E-state index in [-0.39, 0.29) is 0 Å².